The van der Waals surface area contributed by atoms with Gasteiger partial charge in [0.2, 0.25) is 0 Å². The zero-order valence-electron chi connectivity index (χ0n) is 5.93. The number of carbonyl (C=O) groups is 1. The van der Waals surface area contributed by atoms with Crippen LogP contribution in [0.5, 0.6) is 0 Å². The lowest BCUT2D eigenvalue weighted by atomic mass is 9.98. The minimum Gasteiger partial charge on any atom is -0.298 e. The van der Waals surface area contributed by atoms with E-state index in [2.05, 4.69) is 16.9 Å². The van der Waals surface area contributed by atoms with Crippen LogP contribution in [0.25, 0.3) is 0 Å². The van der Waals surface area contributed by atoms with Gasteiger partial charge in [0, 0.05) is 0 Å². The van der Waals surface area contributed by atoms with E-state index in [1.165, 1.54) is 0 Å². The molecule has 0 unspecified atom stereocenters. The van der Waals surface area contributed by atoms with Crippen molar-refractivity contribution in [2.75, 3.05) is 0 Å². The Labute approximate surface area is 54.9 Å². The van der Waals surface area contributed by atoms with Crippen LogP contribution in [0, 0.1) is 12.5 Å². The van der Waals surface area contributed by atoms with E-state index in [-0.39, 0.29) is 0 Å². The standard InChI is InChI=1S/C6H11O3/c1-6(2,3)5(7)9-8-4/h4H2,1-3H3. The molecule has 0 aliphatic heterocycles. The molecule has 0 fully saturated rings. The number of hydrogen-bond donors (Lipinski definition) is 0. The Morgan fingerprint density at radius 3 is 2.00 bits per heavy atom. The molecule has 3 nitrogen and oxygen atoms in total. The Balaban J connectivity index is 3.74. The van der Waals surface area contributed by atoms with Crippen molar-refractivity contribution in [1.29, 1.82) is 0 Å². The van der Waals surface area contributed by atoms with Crippen LogP contribution in [0.3, 0.4) is 0 Å². The lowest BCUT2D eigenvalue weighted by Gasteiger charge is -2.12. The monoisotopic (exact) mass is 131 g/mol. The zero-order chi connectivity index (χ0) is 7.49. The highest BCUT2D eigenvalue weighted by Gasteiger charge is 2.23. The van der Waals surface area contributed by atoms with Crippen LogP contribution in [-0.2, 0) is 14.6 Å². The molecule has 0 amide bonds. The minimum absolute atomic E-state index is 0.419. The van der Waals surface area contributed by atoms with Gasteiger partial charge in [-0.15, -0.1) is 0 Å². The van der Waals surface area contributed by atoms with Gasteiger partial charge in [-0.2, -0.15) is 4.89 Å². The Hall–Kier alpha value is -0.570. The van der Waals surface area contributed by atoms with Crippen molar-refractivity contribution in [2.45, 2.75) is 20.8 Å². The first kappa shape index (κ1) is 8.43. The number of hydrogen-bond acceptors (Lipinski definition) is 3. The van der Waals surface area contributed by atoms with Crippen LogP contribution in [0.4, 0.5) is 0 Å². The van der Waals surface area contributed by atoms with Crippen LogP contribution in [0.15, 0.2) is 0 Å². The molecule has 0 aromatic carbocycles. The van der Waals surface area contributed by atoms with Gasteiger partial charge in [0.15, 0.2) is 0 Å². The van der Waals surface area contributed by atoms with E-state index in [0.717, 1.165) is 0 Å². The third-order valence-electron chi connectivity index (χ3n) is 0.747. The van der Waals surface area contributed by atoms with Crippen molar-refractivity contribution in [1.82, 2.24) is 0 Å². The molecule has 0 aromatic rings. The van der Waals surface area contributed by atoms with Gasteiger partial charge in [-0.05, 0) is 20.8 Å². The van der Waals surface area contributed by atoms with Crippen LogP contribution in [0.1, 0.15) is 20.8 Å². The number of carbonyl (C=O) groups excluding carboxylic acids is 1. The Morgan fingerprint density at radius 2 is 1.89 bits per heavy atom. The fraction of sp³-hybridized carbons (Fsp3) is 0.667. The third-order valence-corrected chi connectivity index (χ3v) is 0.747. The van der Waals surface area contributed by atoms with E-state index in [1.54, 1.807) is 20.8 Å². The molecule has 0 atom stereocenters. The SMILES string of the molecule is [CH2]OOC(=O)C(C)(C)C. The maximum atomic E-state index is 10.7. The summed E-state index contributed by atoms with van der Waals surface area (Å²) in [6.07, 6.45) is 0. The predicted octanol–water partition coefficient (Wildman–Crippen LogP) is 1.30. The minimum atomic E-state index is -0.516. The lowest BCUT2D eigenvalue weighted by Crippen LogP contribution is -2.22. The van der Waals surface area contributed by atoms with E-state index in [1.807, 2.05) is 0 Å². The van der Waals surface area contributed by atoms with Gasteiger partial charge in [-0.3, -0.25) is 4.89 Å². The molecule has 53 valence electrons. The quantitative estimate of drug-likeness (QED) is 0.397. The van der Waals surface area contributed by atoms with Crippen molar-refractivity contribution in [3.8, 4) is 0 Å². The summed E-state index contributed by atoms with van der Waals surface area (Å²) in [6, 6.07) is 0. The molecule has 0 N–H and O–H groups in total. The van der Waals surface area contributed by atoms with Crippen molar-refractivity contribution >= 4 is 5.97 Å². The third kappa shape index (κ3) is 3.08. The topological polar surface area (TPSA) is 35.5 Å². The van der Waals surface area contributed by atoms with E-state index in [4.69, 9.17) is 0 Å². The van der Waals surface area contributed by atoms with Crippen LogP contribution >= 0.6 is 0 Å². The van der Waals surface area contributed by atoms with Gasteiger partial charge in [0.1, 0.15) is 7.11 Å². The van der Waals surface area contributed by atoms with Crippen molar-refractivity contribution in [3.05, 3.63) is 7.11 Å². The predicted molar refractivity (Wildman–Crippen MR) is 32.0 cm³/mol. The fourth-order valence-electron chi connectivity index (χ4n) is 0.179. The molecule has 0 rings (SSSR count). The van der Waals surface area contributed by atoms with Gasteiger partial charge in [0.05, 0.1) is 5.41 Å². The average molecular weight is 131 g/mol. The van der Waals surface area contributed by atoms with Crippen molar-refractivity contribution in [2.24, 2.45) is 5.41 Å². The highest BCUT2D eigenvalue weighted by molar-refractivity contribution is 5.74. The fourth-order valence-corrected chi connectivity index (χ4v) is 0.179. The first-order valence-electron chi connectivity index (χ1n) is 2.61. The molecule has 0 bridgehead atoms. The van der Waals surface area contributed by atoms with Crippen molar-refractivity contribution in [3.63, 3.8) is 0 Å². The molecule has 0 heterocycles. The average Bonchev–Trinajstić information content (AvgIpc) is 1.64. The summed E-state index contributed by atoms with van der Waals surface area (Å²) in [6.45, 7) is 5.19. The largest absolute Gasteiger partial charge is 0.347 e. The van der Waals surface area contributed by atoms with Gasteiger partial charge in [-0.1, -0.05) is 0 Å². The molecule has 0 spiro atoms. The smallest absolute Gasteiger partial charge is 0.298 e. The van der Waals surface area contributed by atoms with Gasteiger partial charge in [-0.25, -0.2) is 4.79 Å². The van der Waals surface area contributed by atoms with Crippen molar-refractivity contribution < 1.29 is 14.6 Å². The Bertz CT molecular complexity index is 101. The summed E-state index contributed by atoms with van der Waals surface area (Å²) in [5, 5.41) is 0. The first-order valence-corrected chi connectivity index (χ1v) is 2.61. The highest BCUT2D eigenvalue weighted by Crippen LogP contribution is 2.14. The molecule has 0 aromatic heterocycles. The molecular weight excluding hydrogens is 120 g/mol. The second-order valence-corrected chi connectivity index (χ2v) is 2.74. The van der Waals surface area contributed by atoms with E-state index < -0.39 is 11.4 Å². The normalized spacial score (nSPS) is 11.1. The van der Waals surface area contributed by atoms with E-state index >= 15 is 0 Å². The molecule has 0 saturated carbocycles. The highest BCUT2D eigenvalue weighted by atomic mass is 17.2. The Morgan fingerprint density at radius 1 is 1.44 bits per heavy atom. The maximum absolute atomic E-state index is 10.7. The summed E-state index contributed by atoms with van der Waals surface area (Å²) < 4.78 is 0. The van der Waals surface area contributed by atoms with E-state index in [9.17, 15) is 4.79 Å². The van der Waals surface area contributed by atoms with Gasteiger partial charge < -0.3 is 0 Å². The summed E-state index contributed by atoms with van der Waals surface area (Å²) in [5.41, 5.74) is -0.516. The van der Waals surface area contributed by atoms with E-state index in [0.29, 0.717) is 0 Å². The summed E-state index contributed by atoms with van der Waals surface area (Å²) in [5.74, 6) is -0.419. The first-order chi connectivity index (χ1) is 3.98. The molecule has 1 radical (unpaired) electrons. The molecular formula is C6H11O3. The lowest BCUT2D eigenvalue weighted by molar-refractivity contribution is -0.249. The number of rotatable bonds is 1. The Kier molecular flexibility index (Phi) is 2.65. The van der Waals surface area contributed by atoms with Gasteiger partial charge >= 0.3 is 5.97 Å². The van der Waals surface area contributed by atoms with Crippen LogP contribution in [-0.4, -0.2) is 5.97 Å². The van der Waals surface area contributed by atoms with Crippen LogP contribution in [0.2, 0.25) is 0 Å². The van der Waals surface area contributed by atoms with Crippen LogP contribution < -0.4 is 0 Å². The molecule has 3 heteroatoms. The maximum Gasteiger partial charge on any atom is 0.347 e. The second kappa shape index (κ2) is 2.82. The molecule has 9 heavy (non-hydrogen) atoms. The summed E-state index contributed by atoms with van der Waals surface area (Å²) in [7, 11) is 2.90. The molecule has 0 saturated heterocycles. The molecule has 0 aliphatic carbocycles. The summed E-state index contributed by atoms with van der Waals surface area (Å²) >= 11 is 0. The van der Waals surface area contributed by atoms with Gasteiger partial charge in [0.25, 0.3) is 0 Å². The zero-order valence-corrected chi connectivity index (χ0v) is 5.93. The second-order valence-electron chi connectivity index (χ2n) is 2.74. The summed E-state index contributed by atoms with van der Waals surface area (Å²) in [4.78, 5) is 18.8. The molecule has 0 aliphatic rings.